The molecule has 1 aliphatic heterocycles. The van der Waals surface area contributed by atoms with Crippen molar-refractivity contribution >= 4 is 23.3 Å². The summed E-state index contributed by atoms with van der Waals surface area (Å²) in [5, 5.41) is 15.0. The fourth-order valence-corrected chi connectivity index (χ4v) is 3.55. The van der Waals surface area contributed by atoms with E-state index in [1.807, 2.05) is 36.4 Å². The highest BCUT2D eigenvalue weighted by molar-refractivity contribution is 5.87. The molecule has 0 unspecified atom stereocenters. The van der Waals surface area contributed by atoms with Crippen molar-refractivity contribution in [1.82, 2.24) is 9.78 Å². The summed E-state index contributed by atoms with van der Waals surface area (Å²) in [5.41, 5.74) is 1.44. The predicted molar refractivity (Wildman–Crippen MR) is 126 cm³/mol. The van der Waals surface area contributed by atoms with E-state index in [9.17, 15) is 4.79 Å². The van der Waals surface area contributed by atoms with Crippen LogP contribution in [0.2, 0.25) is 0 Å². The molecular weight excluding hydrogens is 425 g/mol. The third kappa shape index (κ3) is 4.93. The van der Waals surface area contributed by atoms with Crippen LogP contribution in [0.25, 0.3) is 11.4 Å². The van der Waals surface area contributed by atoms with Gasteiger partial charge >= 0.3 is 0 Å². The number of anilines is 2. The Bertz CT molecular complexity index is 1220. The first kappa shape index (κ1) is 22.2. The average molecular weight is 449 g/mol. The Morgan fingerprint density at radius 3 is 2.64 bits per heavy atom. The normalized spacial score (nSPS) is 14.1. The fourth-order valence-electron chi connectivity index (χ4n) is 3.55. The number of ether oxygens (including phenoxy) is 2. The molecule has 0 radical (unpaired) electrons. The molecule has 170 valence electrons. The van der Waals surface area contributed by atoms with E-state index in [4.69, 9.17) is 14.9 Å². The molecule has 9 heteroatoms. The lowest BCUT2D eigenvalue weighted by atomic mass is 10.2. The van der Waals surface area contributed by atoms with Crippen LogP contribution in [0.3, 0.4) is 0 Å². The first-order valence-electron chi connectivity index (χ1n) is 10.4. The van der Waals surface area contributed by atoms with Crippen molar-refractivity contribution in [3.8, 4) is 11.4 Å². The molecular formula is C24H24FN5O3. The van der Waals surface area contributed by atoms with E-state index < -0.39 is 11.2 Å². The quantitative estimate of drug-likeness (QED) is 0.538. The molecule has 0 aliphatic carbocycles. The summed E-state index contributed by atoms with van der Waals surface area (Å²) >= 11 is 0. The van der Waals surface area contributed by atoms with Crippen LogP contribution in [0.5, 0.6) is 5.75 Å². The zero-order valence-electron chi connectivity index (χ0n) is 18.1. The molecule has 0 saturated carbocycles. The molecule has 2 aromatic carbocycles. The molecule has 8 nitrogen and oxygen atoms in total. The summed E-state index contributed by atoms with van der Waals surface area (Å²) in [6.45, 7) is 2.58. The molecule has 1 aromatic heterocycles. The van der Waals surface area contributed by atoms with Crippen LogP contribution in [-0.4, -0.2) is 49.4 Å². The zero-order chi connectivity index (χ0) is 23.2. The van der Waals surface area contributed by atoms with Crippen molar-refractivity contribution in [3.05, 3.63) is 82.5 Å². The minimum Gasteiger partial charge on any atom is -0.491 e. The maximum Gasteiger partial charge on any atom is 0.251 e. The van der Waals surface area contributed by atoms with Gasteiger partial charge in [0.25, 0.3) is 5.43 Å². The number of aromatic nitrogens is 2. The number of halogens is 1. The number of benzene rings is 2. The summed E-state index contributed by atoms with van der Waals surface area (Å²) in [4.78, 5) is 15.0. The lowest BCUT2D eigenvalue weighted by Gasteiger charge is -2.29. The van der Waals surface area contributed by atoms with Gasteiger partial charge in [-0.2, -0.15) is 5.10 Å². The van der Waals surface area contributed by atoms with E-state index >= 15 is 4.39 Å². The third-order valence-corrected chi connectivity index (χ3v) is 5.22. The van der Waals surface area contributed by atoms with Gasteiger partial charge in [0.05, 0.1) is 32.2 Å². The van der Waals surface area contributed by atoms with Crippen molar-refractivity contribution in [2.24, 2.45) is 0 Å². The van der Waals surface area contributed by atoms with E-state index in [1.54, 1.807) is 6.07 Å². The lowest BCUT2D eigenvalue weighted by Crippen LogP contribution is -2.36. The van der Waals surface area contributed by atoms with Crippen LogP contribution in [0.4, 0.5) is 15.8 Å². The third-order valence-electron chi connectivity index (χ3n) is 5.22. The smallest absolute Gasteiger partial charge is 0.251 e. The Morgan fingerprint density at radius 1 is 1.21 bits per heavy atom. The minimum absolute atomic E-state index is 0.00152. The van der Waals surface area contributed by atoms with Gasteiger partial charge in [-0.15, -0.1) is 0 Å². The molecule has 1 aliphatic rings. The largest absolute Gasteiger partial charge is 0.491 e. The fraction of sp³-hybridized carbons (Fsp3) is 0.208. The van der Waals surface area contributed by atoms with Gasteiger partial charge in [0.15, 0.2) is 17.3 Å². The molecule has 0 bridgehead atoms. The first-order valence-corrected chi connectivity index (χ1v) is 10.4. The molecule has 4 rings (SSSR count). The molecule has 0 atom stereocenters. The van der Waals surface area contributed by atoms with Crippen LogP contribution >= 0.6 is 0 Å². The number of para-hydroxylation sites is 1. The Kier molecular flexibility index (Phi) is 6.80. The summed E-state index contributed by atoms with van der Waals surface area (Å²) < 4.78 is 27.0. The van der Waals surface area contributed by atoms with Gasteiger partial charge < -0.3 is 25.1 Å². The molecule has 1 fully saturated rings. The number of nitrogens with one attached hydrogen (secondary N) is 2. The van der Waals surface area contributed by atoms with Crippen molar-refractivity contribution in [2.75, 3.05) is 43.6 Å². The Morgan fingerprint density at radius 2 is 1.97 bits per heavy atom. The Labute approximate surface area is 190 Å². The predicted octanol–water partition coefficient (Wildman–Crippen LogP) is 3.32. The molecule has 3 aromatic rings. The van der Waals surface area contributed by atoms with Crippen molar-refractivity contribution in [2.45, 2.75) is 0 Å². The van der Waals surface area contributed by atoms with Crippen molar-refractivity contribution in [1.29, 1.82) is 5.41 Å². The summed E-state index contributed by atoms with van der Waals surface area (Å²) in [6.07, 6.45) is 3.81. The highest BCUT2D eigenvalue weighted by Gasteiger charge is 2.18. The van der Waals surface area contributed by atoms with E-state index in [1.165, 1.54) is 30.1 Å². The molecule has 1 saturated heterocycles. The second kappa shape index (κ2) is 10.1. The monoisotopic (exact) mass is 449 g/mol. The number of allylic oxidation sites excluding steroid dienone is 1. The number of hydrogen-bond acceptors (Lipinski definition) is 7. The van der Waals surface area contributed by atoms with Crippen LogP contribution < -0.4 is 20.4 Å². The first-order chi connectivity index (χ1) is 16.1. The number of rotatable bonds is 7. The summed E-state index contributed by atoms with van der Waals surface area (Å²) in [7, 11) is 1.37. The number of methoxy groups -OCH3 is 1. The highest BCUT2D eigenvalue weighted by Crippen LogP contribution is 2.23. The summed E-state index contributed by atoms with van der Waals surface area (Å²) in [5.74, 6) is -0.487. The van der Waals surface area contributed by atoms with Gasteiger partial charge in [0, 0.05) is 30.7 Å². The van der Waals surface area contributed by atoms with E-state index in [2.05, 4.69) is 15.3 Å². The molecule has 33 heavy (non-hydrogen) atoms. The average Bonchev–Trinajstić information content (AvgIpc) is 2.85. The van der Waals surface area contributed by atoms with E-state index in [0.717, 1.165) is 11.9 Å². The molecule has 0 spiro atoms. The van der Waals surface area contributed by atoms with Gasteiger partial charge in [-0.3, -0.25) is 4.79 Å². The van der Waals surface area contributed by atoms with Gasteiger partial charge in [-0.1, -0.05) is 18.2 Å². The Balaban J connectivity index is 1.75. The second-order valence-electron chi connectivity index (χ2n) is 7.29. The van der Waals surface area contributed by atoms with E-state index in [-0.39, 0.29) is 17.1 Å². The van der Waals surface area contributed by atoms with Crippen LogP contribution in [0, 0.1) is 11.2 Å². The van der Waals surface area contributed by atoms with Gasteiger partial charge in [0.2, 0.25) is 0 Å². The minimum atomic E-state index is -0.489. The van der Waals surface area contributed by atoms with Gasteiger partial charge in [-0.25, -0.2) is 9.07 Å². The second-order valence-corrected chi connectivity index (χ2v) is 7.29. The zero-order valence-corrected chi connectivity index (χ0v) is 18.1. The standard InChI is InChI=1S/C24H24FN5O3/c1-32-22-16-30(21-8-7-18(15-19(21)25)29-11-13-33-14-12-29)28-23(24(22)31)20(9-10-26)27-17-5-3-2-4-6-17/h2-10,15-16,26-27H,11-14H2,1H3/b20-9-,26-10?. The number of morpholine rings is 1. The Hall–Kier alpha value is -3.98. The maximum atomic E-state index is 15.2. The SMILES string of the molecule is COc1cn(-c2ccc(N3CCOCC3)cc2F)nc(/C(=C/C=N)Nc2ccccc2)c1=O. The number of hydrogen-bond donors (Lipinski definition) is 2. The van der Waals surface area contributed by atoms with Crippen LogP contribution in [-0.2, 0) is 4.74 Å². The van der Waals surface area contributed by atoms with E-state index in [0.29, 0.717) is 37.7 Å². The molecule has 2 N–H and O–H groups in total. The van der Waals surface area contributed by atoms with Gasteiger partial charge in [-0.05, 0) is 36.4 Å². The van der Waals surface area contributed by atoms with Crippen molar-refractivity contribution < 1.29 is 13.9 Å². The van der Waals surface area contributed by atoms with Gasteiger partial charge in [0.1, 0.15) is 5.69 Å². The maximum absolute atomic E-state index is 15.2. The lowest BCUT2D eigenvalue weighted by molar-refractivity contribution is 0.122. The molecule has 2 heterocycles. The van der Waals surface area contributed by atoms with Crippen molar-refractivity contribution in [3.63, 3.8) is 0 Å². The molecule has 0 amide bonds. The van der Waals surface area contributed by atoms with Crippen LogP contribution in [0.1, 0.15) is 5.69 Å². The topological polar surface area (TPSA) is 92.5 Å². The van der Waals surface area contributed by atoms with Crippen LogP contribution in [0.15, 0.2) is 65.6 Å². The highest BCUT2D eigenvalue weighted by atomic mass is 19.1. The summed E-state index contributed by atoms with van der Waals surface area (Å²) in [6, 6.07) is 14.1. The number of nitrogens with zero attached hydrogens (tertiary/aromatic N) is 3.